The minimum atomic E-state index is -0.625. The van der Waals surface area contributed by atoms with Gasteiger partial charge in [0.15, 0.2) is 18.1 Å². The van der Waals surface area contributed by atoms with Crippen molar-refractivity contribution in [1.82, 2.24) is 0 Å². The molecule has 0 bridgehead atoms. The molecule has 0 aromatic heterocycles. The predicted molar refractivity (Wildman–Crippen MR) is 113 cm³/mol. The number of nitrogens with one attached hydrogen (secondary N) is 1. The van der Waals surface area contributed by atoms with Gasteiger partial charge < -0.3 is 19.5 Å². The predicted octanol–water partition coefficient (Wildman–Crippen LogP) is 4.41. The number of para-hydroxylation sites is 2. The van der Waals surface area contributed by atoms with Gasteiger partial charge in [-0.15, -0.1) is 0 Å². The molecule has 0 fully saturated rings. The Morgan fingerprint density at radius 1 is 1.07 bits per heavy atom. The van der Waals surface area contributed by atoms with Crippen LogP contribution < -0.4 is 14.8 Å². The Kier molecular flexibility index (Phi) is 8.27. The van der Waals surface area contributed by atoms with Crippen LogP contribution in [0.4, 0.5) is 5.69 Å². The lowest BCUT2D eigenvalue weighted by Crippen LogP contribution is -2.21. The minimum Gasteiger partial charge on any atom is -0.493 e. The van der Waals surface area contributed by atoms with E-state index in [1.165, 1.54) is 20.3 Å². The van der Waals surface area contributed by atoms with E-state index >= 15 is 0 Å². The van der Waals surface area contributed by atoms with Crippen molar-refractivity contribution < 1.29 is 23.8 Å². The lowest BCUT2D eigenvalue weighted by molar-refractivity contribution is -0.142. The number of methoxy groups -OCH3 is 2. The van der Waals surface area contributed by atoms with E-state index in [2.05, 4.69) is 19.2 Å². The standard InChI is InChI=1S/C23H27NO5/c1-5-16(2)18-10-6-7-11-19(18)24-21(25)15-29-22(26)14-13-17-9-8-12-20(27-3)23(17)28-4/h6-14,16H,5,15H2,1-4H3,(H,24,25)/b14-13+/t16-/m0/s1. The fourth-order valence-electron chi connectivity index (χ4n) is 2.83. The summed E-state index contributed by atoms with van der Waals surface area (Å²) in [5.74, 6) is 0.373. The molecule has 0 aliphatic rings. The number of hydrogen-bond acceptors (Lipinski definition) is 5. The lowest BCUT2D eigenvalue weighted by atomic mass is 9.97. The first-order valence-electron chi connectivity index (χ1n) is 9.44. The molecular formula is C23H27NO5. The highest BCUT2D eigenvalue weighted by molar-refractivity contribution is 5.95. The number of esters is 1. The molecular weight excluding hydrogens is 370 g/mol. The van der Waals surface area contributed by atoms with Crippen molar-refractivity contribution in [2.24, 2.45) is 0 Å². The fraction of sp³-hybridized carbons (Fsp3) is 0.304. The number of anilines is 1. The first-order chi connectivity index (χ1) is 14.0. The van der Waals surface area contributed by atoms with Gasteiger partial charge in [0, 0.05) is 17.3 Å². The lowest BCUT2D eigenvalue weighted by Gasteiger charge is -2.15. The van der Waals surface area contributed by atoms with E-state index in [0.29, 0.717) is 23.0 Å². The Hall–Kier alpha value is -3.28. The van der Waals surface area contributed by atoms with Gasteiger partial charge in [-0.3, -0.25) is 4.79 Å². The van der Waals surface area contributed by atoms with Crippen LogP contribution in [0.1, 0.15) is 37.3 Å². The van der Waals surface area contributed by atoms with Crippen molar-refractivity contribution in [3.63, 3.8) is 0 Å². The summed E-state index contributed by atoms with van der Waals surface area (Å²) in [4.78, 5) is 24.2. The maximum atomic E-state index is 12.2. The molecule has 1 atom stereocenters. The normalized spacial score (nSPS) is 11.7. The Bertz CT molecular complexity index is 875. The third-order valence-corrected chi connectivity index (χ3v) is 4.56. The Morgan fingerprint density at radius 2 is 1.83 bits per heavy atom. The highest BCUT2D eigenvalue weighted by Crippen LogP contribution is 2.31. The molecule has 0 saturated heterocycles. The molecule has 0 saturated carbocycles. The highest BCUT2D eigenvalue weighted by atomic mass is 16.5. The zero-order chi connectivity index (χ0) is 21.2. The van der Waals surface area contributed by atoms with Gasteiger partial charge in [0.2, 0.25) is 0 Å². The fourth-order valence-corrected chi connectivity index (χ4v) is 2.83. The van der Waals surface area contributed by atoms with Crippen molar-refractivity contribution in [3.05, 3.63) is 59.7 Å². The van der Waals surface area contributed by atoms with Crippen molar-refractivity contribution in [2.75, 3.05) is 26.1 Å². The number of benzene rings is 2. The molecule has 2 aromatic rings. The number of rotatable bonds is 9. The SMILES string of the molecule is CC[C@H](C)c1ccccc1NC(=O)COC(=O)/C=C/c1cccc(OC)c1OC. The highest BCUT2D eigenvalue weighted by Gasteiger charge is 2.12. The Balaban J connectivity index is 1.95. The number of amides is 1. The summed E-state index contributed by atoms with van der Waals surface area (Å²) in [6, 6.07) is 13.0. The Labute approximate surface area is 171 Å². The molecule has 0 radical (unpaired) electrons. The average molecular weight is 397 g/mol. The molecule has 6 heteroatoms. The van der Waals surface area contributed by atoms with Gasteiger partial charge in [-0.2, -0.15) is 0 Å². The van der Waals surface area contributed by atoms with Gasteiger partial charge in [-0.1, -0.05) is 44.2 Å². The summed E-state index contributed by atoms with van der Waals surface area (Å²) in [5, 5.41) is 2.81. The van der Waals surface area contributed by atoms with E-state index in [0.717, 1.165) is 17.7 Å². The minimum absolute atomic E-state index is 0.315. The largest absolute Gasteiger partial charge is 0.493 e. The van der Waals surface area contributed by atoms with Gasteiger partial charge in [0.05, 0.1) is 14.2 Å². The third-order valence-electron chi connectivity index (χ3n) is 4.56. The Morgan fingerprint density at radius 3 is 2.52 bits per heavy atom. The van der Waals surface area contributed by atoms with Crippen molar-refractivity contribution in [1.29, 1.82) is 0 Å². The molecule has 0 aliphatic heterocycles. The molecule has 0 spiro atoms. The molecule has 0 aliphatic carbocycles. The topological polar surface area (TPSA) is 73.9 Å². The smallest absolute Gasteiger partial charge is 0.331 e. The molecule has 1 amide bonds. The average Bonchev–Trinajstić information content (AvgIpc) is 2.75. The molecule has 0 heterocycles. The van der Waals surface area contributed by atoms with Crippen LogP contribution in [-0.2, 0) is 14.3 Å². The molecule has 1 N–H and O–H groups in total. The molecule has 0 unspecified atom stereocenters. The van der Waals surface area contributed by atoms with Crippen LogP contribution in [0, 0.1) is 0 Å². The van der Waals surface area contributed by atoms with Gasteiger partial charge in [0.25, 0.3) is 5.91 Å². The second-order valence-corrected chi connectivity index (χ2v) is 6.47. The monoisotopic (exact) mass is 397 g/mol. The number of carbonyl (C=O) groups excluding carboxylic acids is 2. The summed E-state index contributed by atoms with van der Waals surface area (Å²) < 4.78 is 15.6. The maximum Gasteiger partial charge on any atom is 0.331 e. The van der Waals surface area contributed by atoms with Crippen molar-refractivity contribution in [2.45, 2.75) is 26.2 Å². The molecule has 154 valence electrons. The molecule has 2 aromatic carbocycles. The van der Waals surface area contributed by atoms with E-state index in [-0.39, 0.29) is 12.5 Å². The van der Waals surface area contributed by atoms with Crippen LogP contribution in [0.2, 0.25) is 0 Å². The van der Waals surface area contributed by atoms with Crippen LogP contribution in [0.25, 0.3) is 6.08 Å². The summed E-state index contributed by atoms with van der Waals surface area (Å²) in [6.07, 6.45) is 3.76. The molecule has 6 nitrogen and oxygen atoms in total. The zero-order valence-corrected chi connectivity index (χ0v) is 17.2. The molecule has 2 rings (SSSR count). The maximum absolute atomic E-state index is 12.2. The first kappa shape index (κ1) is 22.0. The molecule has 29 heavy (non-hydrogen) atoms. The van der Waals surface area contributed by atoms with Crippen molar-refractivity contribution in [3.8, 4) is 11.5 Å². The van der Waals surface area contributed by atoms with E-state index in [9.17, 15) is 9.59 Å². The summed E-state index contributed by atoms with van der Waals surface area (Å²) in [6.45, 7) is 3.82. The van der Waals surface area contributed by atoms with E-state index in [1.807, 2.05) is 24.3 Å². The van der Waals surface area contributed by atoms with E-state index < -0.39 is 5.97 Å². The van der Waals surface area contributed by atoms with Gasteiger partial charge in [-0.05, 0) is 36.1 Å². The summed E-state index contributed by atoms with van der Waals surface area (Å²) in [5.41, 5.74) is 2.45. The van der Waals surface area contributed by atoms with E-state index in [4.69, 9.17) is 14.2 Å². The van der Waals surface area contributed by atoms with Crippen LogP contribution in [0.5, 0.6) is 11.5 Å². The van der Waals surface area contributed by atoms with Gasteiger partial charge in [-0.25, -0.2) is 4.79 Å². The number of carbonyl (C=O) groups is 2. The van der Waals surface area contributed by atoms with Crippen LogP contribution in [0.15, 0.2) is 48.5 Å². The quantitative estimate of drug-likeness (QED) is 0.501. The number of hydrogen-bond donors (Lipinski definition) is 1. The summed E-state index contributed by atoms with van der Waals surface area (Å²) in [7, 11) is 3.06. The zero-order valence-electron chi connectivity index (χ0n) is 17.2. The van der Waals surface area contributed by atoms with Crippen LogP contribution in [0.3, 0.4) is 0 Å². The second-order valence-electron chi connectivity index (χ2n) is 6.47. The van der Waals surface area contributed by atoms with Crippen LogP contribution >= 0.6 is 0 Å². The first-order valence-corrected chi connectivity index (χ1v) is 9.44. The van der Waals surface area contributed by atoms with Gasteiger partial charge >= 0.3 is 5.97 Å². The summed E-state index contributed by atoms with van der Waals surface area (Å²) >= 11 is 0. The number of ether oxygens (including phenoxy) is 3. The van der Waals surface area contributed by atoms with E-state index in [1.54, 1.807) is 24.3 Å². The third kappa shape index (κ3) is 6.10. The van der Waals surface area contributed by atoms with Crippen LogP contribution in [-0.4, -0.2) is 32.7 Å². The second kappa shape index (κ2) is 10.9. The van der Waals surface area contributed by atoms with Crippen molar-refractivity contribution >= 4 is 23.6 Å². The van der Waals surface area contributed by atoms with Gasteiger partial charge in [0.1, 0.15) is 0 Å².